The number of carbonyl (C=O) groups excluding carboxylic acids is 1. The van der Waals surface area contributed by atoms with Crippen LogP contribution in [0.15, 0.2) is 18.3 Å². The van der Waals surface area contributed by atoms with Gasteiger partial charge in [0.1, 0.15) is 5.69 Å². The van der Waals surface area contributed by atoms with Gasteiger partial charge >= 0.3 is 0 Å². The predicted octanol–water partition coefficient (Wildman–Crippen LogP) is 0.891. The van der Waals surface area contributed by atoms with Crippen LogP contribution in [-0.2, 0) is 4.74 Å². The van der Waals surface area contributed by atoms with Crippen molar-refractivity contribution in [3.63, 3.8) is 0 Å². The number of pyridine rings is 1. The molecule has 6 heteroatoms. The second-order valence-corrected chi connectivity index (χ2v) is 6.60. The van der Waals surface area contributed by atoms with Crippen molar-refractivity contribution in [1.29, 1.82) is 0 Å². The number of nitrogens with two attached hydrogens (primary N) is 1. The summed E-state index contributed by atoms with van der Waals surface area (Å²) in [7, 11) is 0. The van der Waals surface area contributed by atoms with Crippen molar-refractivity contribution >= 4 is 11.6 Å². The number of nitrogens with one attached hydrogen (secondary N) is 1. The summed E-state index contributed by atoms with van der Waals surface area (Å²) in [5.74, 6) is 0.365. The molecule has 0 bridgehead atoms. The van der Waals surface area contributed by atoms with Gasteiger partial charge in [0.15, 0.2) is 0 Å². The minimum absolute atomic E-state index is 0.148. The molecule has 0 radical (unpaired) electrons. The number of ether oxygens (including phenoxy) is 1. The first kappa shape index (κ1) is 15.2. The molecule has 1 amide bonds. The molecule has 1 aromatic heterocycles. The van der Waals surface area contributed by atoms with Gasteiger partial charge in [0.25, 0.3) is 5.91 Å². The van der Waals surface area contributed by atoms with Crippen LogP contribution in [0, 0.1) is 5.92 Å². The van der Waals surface area contributed by atoms with Gasteiger partial charge in [-0.15, -0.1) is 0 Å². The van der Waals surface area contributed by atoms with Gasteiger partial charge < -0.3 is 15.8 Å². The van der Waals surface area contributed by atoms with Crippen LogP contribution in [-0.4, -0.2) is 53.7 Å². The summed E-state index contributed by atoms with van der Waals surface area (Å²) in [5.41, 5.74) is 6.63. The van der Waals surface area contributed by atoms with Crippen LogP contribution in [0.4, 0.5) is 5.69 Å². The zero-order valence-corrected chi connectivity index (χ0v) is 13.2. The fourth-order valence-electron chi connectivity index (χ4n) is 3.24. The van der Waals surface area contributed by atoms with E-state index >= 15 is 0 Å². The molecule has 6 nitrogen and oxygen atoms in total. The SMILES string of the molecule is CC(C)[C@@H]1CN2C[C@@H](NC(=O)c3cc(N)ccn3)C[C@H]2CO1. The Hall–Kier alpha value is -1.66. The second kappa shape index (κ2) is 6.22. The molecule has 1 aromatic rings. The van der Waals surface area contributed by atoms with Gasteiger partial charge in [-0.1, -0.05) is 13.8 Å². The molecule has 2 aliphatic rings. The van der Waals surface area contributed by atoms with Gasteiger partial charge in [0.2, 0.25) is 0 Å². The maximum absolute atomic E-state index is 12.3. The summed E-state index contributed by atoms with van der Waals surface area (Å²) in [6.07, 6.45) is 2.78. The first-order valence-corrected chi connectivity index (χ1v) is 7.91. The largest absolute Gasteiger partial charge is 0.399 e. The molecule has 22 heavy (non-hydrogen) atoms. The fourth-order valence-corrected chi connectivity index (χ4v) is 3.24. The van der Waals surface area contributed by atoms with E-state index in [0.29, 0.717) is 29.4 Å². The van der Waals surface area contributed by atoms with E-state index in [1.807, 2.05) is 0 Å². The highest BCUT2D eigenvalue weighted by atomic mass is 16.5. The van der Waals surface area contributed by atoms with Crippen LogP contribution in [0.25, 0.3) is 0 Å². The second-order valence-electron chi connectivity index (χ2n) is 6.60. The normalized spacial score (nSPS) is 28.6. The van der Waals surface area contributed by atoms with Crippen molar-refractivity contribution in [2.45, 2.75) is 38.5 Å². The topological polar surface area (TPSA) is 80.5 Å². The molecule has 3 atom stereocenters. The molecule has 3 heterocycles. The third-order valence-corrected chi connectivity index (χ3v) is 4.54. The van der Waals surface area contributed by atoms with Gasteiger partial charge in [-0.3, -0.25) is 14.7 Å². The number of anilines is 1. The quantitative estimate of drug-likeness (QED) is 0.867. The smallest absolute Gasteiger partial charge is 0.270 e. The molecule has 2 fully saturated rings. The summed E-state index contributed by atoms with van der Waals surface area (Å²) >= 11 is 0. The molecular formula is C16H24N4O2. The molecular weight excluding hydrogens is 280 g/mol. The summed E-state index contributed by atoms with van der Waals surface area (Å²) in [6, 6.07) is 3.84. The number of carbonyl (C=O) groups is 1. The van der Waals surface area contributed by atoms with Gasteiger partial charge in [-0.2, -0.15) is 0 Å². The Bertz CT molecular complexity index is 549. The van der Waals surface area contributed by atoms with E-state index in [4.69, 9.17) is 10.5 Å². The van der Waals surface area contributed by atoms with E-state index in [0.717, 1.165) is 26.1 Å². The van der Waals surface area contributed by atoms with Crippen LogP contribution in [0.2, 0.25) is 0 Å². The molecule has 120 valence electrons. The fraction of sp³-hybridized carbons (Fsp3) is 0.625. The molecule has 3 rings (SSSR count). The molecule has 0 saturated carbocycles. The van der Waals surface area contributed by atoms with E-state index in [-0.39, 0.29) is 11.9 Å². The number of morpholine rings is 1. The summed E-state index contributed by atoms with van der Waals surface area (Å²) < 4.78 is 5.92. The van der Waals surface area contributed by atoms with Gasteiger partial charge in [0, 0.05) is 37.1 Å². The zero-order chi connectivity index (χ0) is 15.7. The lowest BCUT2D eigenvalue weighted by atomic mass is 10.0. The van der Waals surface area contributed by atoms with Gasteiger partial charge in [-0.05, 0) is 24.5 Å². The number of hydrogen-bond donors (Lipinski definition) is 2. The lowest BCUT2D eigenvalue weighted by Gasteiger charge is -2.36. The highest BCUT2D eigenvalue weighted by molar-refractivity contribution is 5.93. The number of hydrogen-bond acceptors (Lipinski definition) is 5. The molecule has 0 aromatic carbocycles. The van der Waals surface area contributed by atoms with Crippen molar-refractivity contribution in [3.8, 4) is 0 Å². The van der Waals surface area contributed by atoms with Gasteiger partial charge in [0.05, 0.1) is 12.7 Å². The maximum atomic E-state index is 12.3. The van der Waals surface area contributed by atoms with E-state index in [1.54, 1.807) is 18.3 Å². The summed E-state index contributed by atoms with van der Waals surface area (Å²) in [6.45, 7) is 6.96. The van der Waals surface area contributed by atoms with Crippen LogP contribution in [0.5, 0.6) is 0 Å². The minimum atomic E-state index is -0.154. The van der Waals surface area contributed by atoms with Crippen LogP contribution in [0.3, 0.4) is 0 Å². The summed E-state index contributed by atoms with van der Waals surface area (Å²) in [5, 5.41) is 3.07. The van der Waals surface area contributed by atoms with Crippen molar-refractivity contribution in [2.24, 2.45) is 5.92 Å². The third-order valence-electron chi connectivity index (χ3n) is 4.54. The lowest BCUT2D eigenvalue weighted by Crippen LogP contribution is -2.48. The lowest BCUT2D eigenvalue weighted by molar-refractivity contribution is -0.0683. The molecule has 0 aliphatic carbocycles. The first-order chi connectivity index (χ1) is 10.5. The number of nitrogens with zero attached hydrogens (tertiary/aromatic N) is 2. The number of aromatic nitrogens is 1. The van der Waals surface area contributed by atoms with Crippen molar-refractivity contribution in [2.75, 3.05) is 25.4 Å². The zero-order valence-electron chi connectivity index (χ0n) is 13.2. The molecule has 2 aliphatic heterocycles. The average molecular weight is 304 g/mol. The Balaban J connectivity index is 1.58. The van der Waals surface area contributed by atoms with E-state index < -0.39 is 0 Å². The number of nitrogen functional groups attached to an aromatic ring is 1. The molecule has 2 saturated heterocycles. The predicted molar refractivity (Wildman–Crippen MR) is 84.5 cm³/mol. The van der Waals surface area contributed by atoms with Crippen LogP contribution >= 0.6 is 0 Å². The average Bonchev–Trinajstić information content (AvgIpc) is 2.88. The first-order valence-electron chi connectivity index (χ1n) is 7.91. The minimum Gasteiger partial charge on any atom is -0.399 e. The highest BCUT2D eigenvalue weighted by Crippen LogP contribution is 2.25. The molecule has 3 N–H and O–H groups in total. The Morgan fingerprint density at radius 1 is 1.50 bits per heavy atom. The van der Waals surface area contributed by atoms with E-state index in [2.05, 4.69) is 29.0 Å². The number of fused-ring (bicyclic) bond motifs is 1. The Kier molecular flexibility index (Phi) is 4.31. The number of amides is 1. The van der Waals surface area contributed by atoms with E-state index in [1.165, 1.54) is 0 Å². The maximum Gasteiger partial charge on any atom is 0.270 e. The van der Waals surface area contributed by atoms with Crippen LogP contribution < -0.4 is 11.1 Å². The Morgan fingerprint density at radius 2 is 2.32 bits per heavy atom. The third kappa shape index (κ3) is 3.23. The van der Waals surface area contributed by atoms with Crippen LogP contribution in [0.1, 0.15) is 30.8 Å². The monoisotopic (exact) mass is 304 g/mol. The van der Waals surface area contributed by atoms with Crippen molar-refractivity contribution in [1.82, 2.24) is 15.2 Å². The van der Waals surface area contributed by atoms with Crippen molar-refractivity contribution < 1.29 is 9.53 Å². The number of rotatable bonds is 3. The molecule has 0 unspecified atom stereocenters. The van der Waals surface area contributed by atoms with Gasteiger partial charge in [-0.25, -0.2) is 0 Å². The molecule has 0 spiro atoms. The highest BCUT2D eigenvalue weighted by Gasteiger charge is 2.38. The Morgan fingerprint density at radius 3 is 3.05 bits per heavy atom. The van der Waals surface area contributed by atoms with E-state index in [9.17, 15) is 4.79 Å². The van der Waals surface area contributed by atoms with Crippen molar-refractivity contribution in [3.05, 3.63) is 24.0 Å². The summed E-state index contributed by atoms with van der Waals surface area (Å²) in [4.78, 5) is 18.8. The standard InChI is InChI=1S/C16H24N4O2/c1-10(2)15-8-20-7-12(6-13(20)9-22-15)19-16(21)14-5-11(17)3-4-18-14/h3-5,10,12-13,15H,6-9H2,1-2H3,(H2,17,18)(H,19,21)/t12-,13-,15-/m0/s1. The Labute approximate surface area is 131 Å².